The molecule has 0 aliphatic carbocycles. The third kappa shape index (κ3) is 3.13. The molecule has 0 fully saturated rings. The summed E-state index contributed by atoms with van der Waals surface area (Å²) in [6.45, 7) is -0.104. The van der Waals surface area contributed by atoms with Crippen LogP contribution >= 0.6 is 15.9 Å². The quantitative estimate of drug-likeness (QED) is 0.909. The zero-order chi connectivity index (χ0) is 13.8. The SMILES string of the molecule is NC(=O)c1ccc(Oc2ccccc2CO)c(Br)c1. The summed E-state index contributed by atoms with van der Waals surface area (Å²) in [5.41, 5.74) is 6.28. The highest BCUT2D eigenvalue weighted by Crippen LogP contribution is 2.32. The molecule has 0 saturated carbocycles. The molecule has 1 amide bonds. The van der Waals surface area contributed by atoms with Crippen LogP contribution in [0.2, 0.25) is 0 Å². The molecule has 0 aromatic heterocycles. The number of para-hydroxylation sites is 1. The molecule has 98 valence electrons. The summed E-state index contributed by atoms with van der Waals surface area (Å²) in [7, 11) is 0. The monoisotopic (exact) mass is 321 g/mol. The fraction of sp³-hybridized carbons (Fsp3) is 0.0714. The summed E-state index contributed by atoms with van der Waals surface area (Å²) < 4.78 is 6.33. The lowest BCUT2D eigenvalue weighted by atomic mass is 10.2. The molecule has 0 aliphatic rings. The minimum absolute atomic E-state index is 0.104. The summed E-state index contributed by atoms with van der Waals surface area (Å²) in [5.74, 6) is 0.617. The van der Waals surface area contributed by atoms with Gasteiger partial charge in [0.25, 0.3) is 0 Å². The lowest BCUT2D eigenvalue weighted by molar-refractivity contribution is 0.1000. The first-order valence-electron chi connectivity index (χ1n) is 5.58. The Morgan fingerprint density at radius 1 is 1.21 bits per heavy atom. The second-order valence-corrected chi connectivity index (χ2v) is 4.73. The van der Waals surface area contributed by atoms with Gasteiger partial charge in [0.1, 0.15) is 11.5 Å². The molecule has 4 nitrogen and oxygen atoms in total. The van der Waals surface area contributed by atoms with Crippen LogP contribution in [0, 0.1) is 0 Å². The lowest BCUT2D eigenvalue weighted by Gasteiger charge is -2.11. The van der Waals surface area contributed by atoms with Crippen molar-refractivity contribution in [3.8, 4) is 11.5 Å². The third-order valence-electron chi connectivity index (χ3n) is 2.58. The second kappa shape index (κ2) is 5.86. The molecule has 0 saturated heterocycles. The number of aliphatic hydroxyl groups is 1. The number of halogens is 1. The van der Waals surface area contributed by atoms with Crippen molar-refractivity contribution in [1.82, 2.24) is 0 Å². The topological polar surface area (TPSA) is 72.6 Å². The summed E-state index contributed by atoms with van der Waals surface area (Å²) in [6.07, 6.45) is 0. The number of hydrogen-bond donors (Lipinski definition) is 2. The van der Waals surface area contributed by atoms with Crippen LogP contribution in [0.15, 0.2) is 46.9 Å². The molecule has 5 heteroatoms. The Kier molecular flexibility index (Phi) is 4.19. The summed E-state index contributed by atoms with van der Waals surface area (Å²) in [5, 5.41) is 9.23. The fourth-order valence-electron chi connectivity index (χ4n) is 1.59. The molecule has 0 heterocycles. The van der Waals surface area contributed by atoms with E-state index in [1.807, 2.05) is 12.1 Å². The number of nitrogens with two attached hydrogens (primary N) is 1. The maximum absolute atomic E-state index is 11.1. The zero-order valence-corrected chi connectivity index (χ0v) is 11.6. The molecule has 19 heavy (non-hydrogen) atoms. The van der Waals surface area contributed by atoms with Gasteiger partial charge in [-0.3, -0.25) is 4.79 Å². The summed E-state index contributed by atoms with van der Waals surface area (Å²) in [6, 6.07) is 12.0. The number of aliphatic hydroxyl groups excluding tert-OH is 1. The summed E-state index contributed by atoms with van der Waals surface area (Å²) >= 11 is 3.32. The van der Waals surface area contributed by atoms with Crippen LogP contribution in [-0.2, 0) is 6.61 Å². The molecule has 0 aliphatic heterocycles. The van der Waals surface area contributed by atoms with Crippen molar-refractivity contribution < 1.29 is 14.6 Å². The van der Waals surface area contributed by atoms with Gasteiger partial charge in [-0.05, 0) is 40.2 Å². The molecular weight excluding hydrogens is 310 g/mol. The Bertz CT molecular complexity index is 613. The van der Waals surface area contributed by atoms with Crippen LogP contribution in [0.3, 0.4) is 0 Å². The predicted molar refractivity (Wildman–Crippen MR) is 75.1 cm³/mol. The normalized spacial score (nSPS) is 10.2. The molecule has 2 aromatic rings. The van der Waals surface area contributed by atoms with E-state index in [2.05, 4.69) is 15.9 Å². The number of primary amides is 1. The van der Waals surface area contributed by atoms with Crippen molar-refractivity contribution in [2.75, 3.05) is 0 Å². The van der Waals surface area contributed by atoms with E-state index in [0.717, 1.165) is 0 Å². The number of benzene rings is 2. The molecule has 2 rings (SSSR count). The van der Waals surface area contributed by atoms with Gasteiger partial charge in [0, 0.05) is 11.1 Å². The minimum atomic E-state index is -0.497. The highest BCUT2D eigenvalue weighted by Gasteiger charge is 2.09. The van der Waals surface area contributed by atoms with E-state index in [9.17, 15) is 9.90 Å². The first-order chi connectivity index (χ1) is 9.11. The zero-order valence-electron chi connectivity index (χ0n) is 9.97. The van der Waals surface area contributed by atoms with E-state index in [4.69, 9.17) is 10.5 Å². The first-order valence-corrected chi connectivity index (χ1v) is 6.37. The van der Waals surface area contributed by atoms with Crippen LogP contribution in [0.4, 0.5) is 0 Å². The van der Waals surface area contributed by atoms with E-state index >= 15 is 0 Å². The van der Waals surface area contributed by atoms with Gasteiger partial charge in [-0.15, -0.1) is 0 Å². The van der Waals surface area contributed by atoms with Gasteiger partial charge in [0.15, 0.2) is 0 Å². The smallest absolute Gasteiger partial charge is 0.248 e. The Hall–Kier alpha value is -1.85. The molecule has 0 atom stereocenters. The van der Waals surface area contributed by atoms with Crippen molar-refractivity contribution in [3.05, 3.63) is 58.1 Å². The number of rotatable bonds is 4. The van der Waals surface area contributed by atoms with Crippen LogP contribution in [0.25, 0.3) is 0 Å². The number of amides is 1. The van der Waals surface area contributed by atoms with Crippen LogP contribution in [0.1, 0.15) is 15.9 Å². The van der Waals surface area contributed by atoms with Gasteiger partial charge in [-0.25, -0.2) is 0 Å². The van der Waals surface area contributed by atoms with Crippen molar-refractivity contribution in [3.63, 3.8) is 0 Å². The molecule has 0 spiro atoms. The second-order valence-electron chi connectivity index (χ2n) is 3.88. The van der Waals surface area contributed by atoms with Gasteiger partial charge in [0.05, 0.1) is 11.1 Å². The molecule has 0 bridgehead atoms. The number of hydrogen-bond acceptors (Lipinski definition) is 3. The summed E-state index contributed by atoms with van der Waals surface area (Å²) in [4.78, 5) is 11.1. The average molecular weight is 322 g/mol. The van der Waals surface area contributed by atoms with E-state index in [0.29, 0.717) is 27.1 Å². The van der Waals surface area contributed by atoms with Crippen LogP contribution < -0.4 is 10.5 Å². The largest absolute Gasteiger partial charge is 0.456 e. The average Bonchev–Trinajstić information content (AvgIpc) is 2.41. The number of carbonyl (C=O) groups excluding carboxylic acids is 1. The molecule has 3 N–H and O–H groups in total. The van der Waals surface area contributed by atoms with Crippen LogP contribution in [0.5, 0.6) is 11.5 Å². The third-order valence-corrected chi connectivity index (χ3v) is 3.20. The minimum Gasteiger partial charge on any atom is -0.456 e. The van der Waals surface area contributed by atoms with Gasteiger partial charge < -0.3 is 15.6 Å². The lowest BCUT2D eigenvalue weighted by Crippen LogP contribution is -2.10. The van der Waals surface area contributed by atoms with Crippen molar-refractivity contribution in [2.24, 2.45) is 5.73 Å². The van der Waals surface area contributed by atoms with Crippen molar-refractivity contribution >= 4 is 21.8 Å². The molecule has 0 unspecified atom stereocenters. The highest BCUT2D eigenvalue weighted by atomic mass is 79.9. The van der Waals surface area contributed by atoms with Gasteiger partial charge >= 0.3 is 0 Å². The Labute approximate surface area is 118 Å². The Balaban J connectivity index is 2.31. The van der Waals surface area contributed by atoms with Crippen LogP contribution in [-0.4, -0.2) is 11.0 Å². The Morgan fingerprint density at radius 2 is 1.95 bits per heavy atom. The van der Waals surface area contributed by atoms with E-state index in [1.54, 1.807) is 30.3 Å². The molecular formula is C14H12BrNO3. The van der Waals surface area contributed by atoms with Gasteiger partial charge in [-0.1, -0.05) is 18.2 Å². The fourth-order valence-corrected chi connectivity index (χ4v) is 2.05. The maximum atomic E-state index is 11.1. The first kappa shape index (κ1) is 13.6. The molecule has 2 aromatic carbocycles. The number of ether oxygens (including phenoxy) is 1. The number of carbonyl (C=O) groups is 1. The van der Waals surface area contributed by atoms with Gasteiger partial charge in [-0.2, -0.15) is 0 Å². The Morgan fingerprint density at radius 3 is 2.58 bits per heavy atom. The van der Waals surface area contributed by atoms with E-state index < -0.39 is 5.91 Å². The standard InChI is InChI=1S/C14H12BrNO3/c15-11-7-9(14(16)18)5-6-13(11)19-12-4-2-1-3-10(12)8-17/h1-7,17H,8H2,(H2,16,18). The van der Waals surface area contributed by atoms with E-state index in [-0.39, 0.29) is 6.61 Å². The van der Waals surface area contributed by atoms with E-state index in [1.165, 1.54) is 0 Å². The highest BCUT2D eigenvalue weighted by molar-refractivity contribution is 9.10. The molecule has 0 radical (unpaired) electrons. The van der Waals surface area contributed by atoms with Crippen molar-refractivity contribution in [1.29, 1.82) is 0 Å². The van der Waals surface area contributed by atoms with Gasteiger partial charge in [0.2, 0.25) is 5.91 Å². The predicted octanol–water partition coefficient (Wildman–Crippen LogP) is 2.83. The van der Waals surface area contributed by atoms with Crippen molar-refractivity contribution in [2.45, 2.75) is 6.61 Å². The maximum Gasteiger partial charge on any atom is 0.248 e.